The van der Waals surface area contributed by atoms with E-state index in [1.54, 1.807) is 0 Å². The number of hydrogen-bond donors (Lipinski definition) is 0. The molecule has 3 radical (unpaired) electrons. The van der Waals surface area contributed by atoms with Crippen molar-refractivity contribution < 1.29 is 163 Å². The second kappa shape index (κ2) is 27.5. The maximum absolute atomic E-state index is 8.55. The first-order valence-electron chi connectivity index (χ1n) is 3.65. The standard InChI is InChI=1S/5H3O4P.2H2O.3V/c5*1-5(2,3)4;;;;;/h5*(H3,1,2,3,4);2*1H2;;;/p-15. The van der Waals surface area contributed by atoms with Crippen LogP contribution in [0.3, 0.4) is 0 Å². The molecule has 0 rings (SSSR count). The van der Waals surface area contributed by atoms with Crippen molar-refractivity contribution in [2.75, 3.05) is 0 Å². The summed E-state index contributed by atoms with van der Waals surface area (Å²) in [5, 5.41) is 0. The molecule has 0 heterocycles. The minimum Gasteiger partial charge on any atom is -0.822 e. The van der Waals surface area contributed by atoms with E-state index in [0.717, 1.165) is 0 Å². The van der Waals surface area contributed by atoms with Gasteiger partial charge < -0.3 is 107 Å². The van der Waals surface area contributed by atoms with E-state index in [9.17, 15) is 0 Å². The molecule has 0 bridgehead atoms. The topological polar surface area (TPSA) is 494 Å². The minimum atomic E-state index is -5.39. The molecule has 0 saturated carbocycles. The number of hydrogen-bond acceptors (Lipinski definition) is 20. The summed E-state index contributed by atoms with van der Waals surface area (Å²) in [5.41, 5.74) is 0. The van der Waals surface area contributed by atoms with Gasteiger partial charge in [0, 0.05) is 55.7 Å². The summed E-state index contributed by atoms with van der Waals surface area (Å²) in [4.78, 5) is 128. The molecule has 0 atom stereocenters. The summed E-state index contributed by atoms with van der Waals surface area (Å²) in [6.07, 6.45) is 0. The summed E-state index contributed by atoms with van der Waals surface area (Å²) < 4.78 is 42.7. The first-order valence-corrected chi connectivity index (χ1v) is 11.0. The predicted octanol–water partition coefficient (Wildman–Crippen LogP) is -15.8. The zero-order valence-corrected chi connectivity index (χ0v) is 21.4. The second-order valence-corrected chi connectivity index (χ2v) is 6.71. The molecule has 0 aromatic rings. The normalized spacial score (nSPS) is 9.83. The van der Waals surface area contributed by atoms with Crippen molar-refractivity contribution in [2.45, 2.75) is 0 Å². The molecule has 0 aliphatic rings. The SMILES string of the molecule is O.O.O=P([O-])([O-])[O-].O=P([O-])([O-])[O-].O=P([O-])([O-])[O-].O=P([O-])([O-])[O-].O=P([O-])([O-])[O-].[V].[V].[V]. The van der Waals surface area contributed by atoms with Gasteiger partial charge >= 0.3 is 0 Å². The van der Waals surface area contributed by atoms with Gasteiger partial charge in [-0.3, -0.25) is 0 Å². The van der Waals surface area contributed by atoms with Crippen molar-refractivity contribution in [1.29, 1.82) is 0 Å². The van der Waals surface area contributed by atoms with E-state index in [2.05, 4.69) is 0 Å². The van der Waals surface area contributed by atoms with Crippen molar-refractivity contribution in [3.8, 4) is 0 Å². The summed E-state index contributed by atoms with van der Waals surface area (Å²) in [6.45, 7) is 0. The Labute approximate surface area is 201 Å². The molecular weight excluding hydrogens is 660 g/mol. The van der Waals surface area contributed by atoms with E-state index in [4.69, 9.17) is 96.2 Å². The molecule has 0 unspecified atom stereocenters. The molecule has 30 heavy (non-hydrogen) atoms. The monoisotopic (exact) mass is 664 g/mol. The Bertz CT molecular complexity index is 380. The number of rotatable bonds is 0. The average molecular weight is 664 g/mol. The van der Waals surface area contributed by atoms with E-state index < -0.39 is 39.1 Å². The van der Waals surface area contributed by atoms with E-state index in [-0.39, 0.29) is 66.6 Å². The molecule has 191 valence electrons. The van der Waals surface area contributed by atoms with Gasteiger partial charge in [0.25, 0.3) is 0 Å². The summed E-state index contributed by atoms with van der Waals surface area (Å²) in [5.74, 6) is 0. The third-order valence-corrected chi connectivity index (χ3v) is 0. The molecule has 0 amide bonds. The fraction of sp³-hybridized carbons (Fsp3) is 0. The Hall–Kier alpha value is 2.22. The first kappa shape index (κ1) is 63.6. The van der Waals surface area contributed by atoms with Crippen LogP contribution in [0.4, 0.5) is 0 Å². The zero-order valence-electron chi connectivity index (χ0n) is 12.7. The Kier molecular flexibility index (Phi) is 58.2. The van der Waals surface area contributed by atoms with Crippen LogP contribution in [0.15, 0.2) is 0 Å². The van der Waals surface area contributed by atoms with E-state index in [1.807, 2.05) is 0 Å². The molecule has 30 heteroatoms. The van der Waals surface area contributed by atoms with Gasteiger partial charge in [0.2, 0.25) is 0 Å². The van der Waals surface area contributed by atoms with E-state index in [1.165, 1.54) is 0 Å². The van der Waals surface area contributed by atoms with Crippen molar-refractivity contribution in [3.05, 3.63) is 0 Å². The Morgan fingerprint density at radius 3 is 0.267 bits per heavy atom. The van der Waals surface area contributed by atoms with E-state index in [0.29, 0.717) is 0 Å². The smallest absolute Gasteiger partial charge is 0 e. The zero-order chi connectivity index (χ0) is 22.5. The Morgan fingerprint density at radius 2 is 0.267 bits per heavy atom. The van der Waals surface area contributed by atoms with Crippen LogP contribution in [0.25, 0.3) is 0 Å². The fourth-order valence-corrected chi connectivity index (χ4v) is 0. The van der Waals surface area contributed by atoms with Crippen molar-refractivity contribution in [2.24, 2.45) is 0 Å². The van der Waals surface area contributed by atoms with E-state index >= 15 is 0 Å². The first-order chi connectivity index (χ1) is 10.0. The molecule has 0 aliphatic heterocycles. The molecule has 22 nitrogen and oxygen atoms in total. The largest absolute Gasteiger partial charge is 0.822 e. The maximum Gasteiger partial charge on any atom is 0 e. The van der Waals surface area contributed by atoms with Crippen LogP contribution < -0.4 is 73.4 Å². The van der Waals surface area contributed by atoms with Crippen LogP contribution in [-0.2, 0) is 78.5 Å². The molecule has 0 fully saturated rings. The van der Waals surface area contributed by atoms with Gasteiger partial charge in [-0.25, -0.2) is 0 Å². The average Bonchev–Trinajstić information content (AvgIpc) is 1.79. The molecular formula is H4O22P5V3-15. The van der Waals surface area contributed by atoms with Gasteiger partial charge in [0.15, 0.2) is 0 Å². The van der Waals surface area contributed by atoms with Crippen LogP contribution in [0.1, 0.15) is 0 Å². The third-order valence-electron chi connectivity index (χ3n) is 0. The quantitative estimate of drug-likeness (QED) is 0.217. The Morgan fingerprint density at radius 1 is 0.267 bits per heavy atom. The van der Waals surface area contributed by atoms with Gasteiger partial charge in [0.05, 0.1) is 0 Å². The Balaban J connectivity index is -0.0000000200. The van der Waals surface area contributed by atoms with Gasteiger partial charge in [-0.1, -0.05) is 0 Å². The van der Waals surface area contributed by atoms with Crippen molar-refractivity contribution in [1.82, 2.24) is 0 Å². The molecule has 0 aromatic heterocycles. The summed E-state index contributed by atoms with van der Waals surface area (Å²) in [7, 11) is -26.9. The molecule has 0 aliphatic carbocycles. The van der Waals surface area contributed by atoms with Gasteiger partial charge in [-0.15, -0.1) is 0 Å². The van der Waals surface area contributed by atoms with Crippen LogP contribution >= 0.6 is 39.1 Å². The van der Waals surface area contributed by atoms with Crippen molar-refractivity contribution >= 4 is 39.1 Å². The van der Waals surface area contributed by atoms with Crippen LogP contribution in [0.5, 0.6) is 0 Å². The van der Waals surface area contributed by atoms with Crippen LogP contribution in [0.2, 0.25) is 0 Å². The van der Waals surface area contributed by atoms with Gasteiger partial charge in [-0.05, 0) is 0 Å². The van der Waals surface area contributed by atoms with Gasteiger partial charge in [0.1, 0.15) is 0 Å². The molecule has 0 aromatic carbocycles. The molecule has 0 spiro atoms. The minimum absolute atomic E-state index is 0. The summed E-state index contributed by atoms with van der Waals surface area (Å²) in [6, 6.07) is 0. The molecule has 0 saturated heterocycles. The third kappa shape index (κ3) is 5220. The fourth-order valence-electron chi connectivity index (χ4n) is 0. The summed E-state index contributed by atoms with van der Waals surface area (Å²) >= 11 is 0. The van der Waals surface area contributed by atoms with Crippen LogP contribution in [-0.4, -0.2) is 11.0 Å². The molecule has 4 N–H and O–H groups in total. The van der Waals surface area contributed by atoms with Crippen LogP contribution in [0, 0.1) is 0 Å². The number of phosphoric acid groups is 5. The van der Waals surface area contributed by atoms with Crippen molar-refractivity contribution in [3.63, 3.8) is 0 Å². The van der Waals surface area contributed by atoms with Gasteiger partial charge in [-0.2, -0.15) is 39.1 Å². The maximum atomic E-state index is 8.55. The second-order valence-electron chi connectivity index (χ2n) is 2.24. The predicted molar refractivity (Wildman–Crippen MR) is 45.3 cm³/mol.